The van der Waals surface area contributed by atoms with E-state index in [-0.39, 0.29) is 0 Å². The summed E-state index contributed by atoms with van der Waals surface area (Å²) in [7, 11) is 0. The number of anilines is 2. The van der Waals surface area contributed by atoms with Crippen molar-refractivity contribution in [1.29, 1.82) is 0 Å². The predicted molar refractivity (Wildman–Crippen MR) is 78.1 cm³/mol. The van der Waals surface area contributed by atoms with Crippen molar-refractivity contribution in [2.75, 3.05) is 30.3 Å². The Hall–Kier alpha value is -1.36. The van der Waals surface area contributed by atoms with Gasteiger partial charge in [-0.1, -0.05) is 11.6 Å². The zero-order chi connectivity index (χ0) is 13.5. The van der Waals surface area contributed by atoms with Crippen LogP contribution in [0, 0.1) is 0 Å². The lowest BCUT2D eigenvalue weighted by Gasteiger charge is -2.13. The SMILES string of the molecule is CCN=C(C)c1c(Cl)nc(NCC)nc1NCC. The van der Waals surface area contributed by atoms with Crippen LogP contribution in [0.5, 0.6) is 0 Å². The second kappa shape index (κ2) is 7.16. The Balaban J connectivity index is 3.26. The van der Waals surface area contributed by atoms with Gasteiger partial charge in [0.2, 0.25) is 5.95 Å². The molecule has 0 unspecified atom stereocenters. The van der Waals surface area contributed by atoms with Crippen LogP contribution in [0.25, 0.3) is 0 Å². The summed E-state index contributed by atoms with van der Waals surface area (Å²) in [5, 5.41) is 6.68. The number of aromatic nitrogens is 2. The molecule has 18 heavy (non-hydrogen) atoms. The van der Waals surface area contributed by atoms with Crippen molar-refractivity contribution in [3.05, 3.63) is 10.7 Å². The molecule has 0 bridgehead atoms. The first kappa shape index (κ1) is 14.7. The Morgan fingerprint density at radius 1 is 1.17 bits per heavy atom. The van der Waals surface area contributed by atoms with E-state index in [2.05, 4.69) is 25.6 Å². The summed E-state index contributed by atoms with van der Waals surface area (Å²) in [5.74, 6) is 1.26. The van der Waals surface area contributed by atoms with Gasteiger partial charge in [-0.25, -0.2) is 4.98 Å². The molecule has 0 saturated heterocycles. The van der Waals surface area contributed by atoms with Crippen molar-refractivity contribution >= 4 is 29.1 Å². The summed E-state index contributed by atoms with van der Waals surface area (Å²) in [6.07, 6.45) is 0. The van der Waals surface area contributed by atoms with E-state index in [1.54, 1.807) is 0 Å². The van der Waals surface area contributed by atoms with Crippen molar-refractivity contribution in [2.45, 2.75) is 27.7 Å². The molecule has 0 atom stereocenters. The fourth-order valence-corrected chi connectivity index (χ4v) is 1.91. The topological polar surface area (TPSA) is 62.2 Å². The lowest BCUT2D eigenvalue weighted by atomic mass is 10.2. The molecule has 0 aromatic carbocycles. The molecule has 0 fully saturated rings. The Morgan fingerprint density at radius 2 is 1.83 bits per heavy atom. The molecule has 0 aliphatic carbocycles. The smallest absolute Gasteiger partial charge is 0.226 e. The van der Waals surface area contributed by atoms with Crippen LogP contribution in [0.15, 0.2) is 4.99 Å². The molecule has 1 heterocycles. The minimum Gasteiger partial charge on any atom is -0.370 e. The van der Waals surface area contributed by atoms with Gasteiger partial charge in [0.05, 0.1) is 5.56 Å². The number of halogens is 1. The maximum absolute atomic E-state index is 6.22. The van der Waals surface area contributed by atoms with Gasteiger partial charge < -0.3 is 10.6 Å². The summed E-state index contributed by atoms with van der Waals surface area (Å²) >= 11 is 6.22. The number of hydrogen-bond donors (Lipinski definition) is 2. The maximum Gasteiger partial charge on any atom is 0.226 e. The largest absolute Gasteiger partial charge is 0.370 e. The standard InChI is InChI=1S/C12H20ClN5/c1-5-14-8(4)9-10(13)17-12(16-7-3)18-11(9)15-6-2/h5-7H2,1-4H3,(H2,15,16,17,18). The van der Waals surface area contributed by atoms with Crippen LogP contribution in [0.3, 0.4) is 0 Å². The molecule has 5 nitrogen and oxygen atoms in total. The highest BCUT2D eigenvalue weighted by atomic mass is 35.5. The van der Waals surface area contributed by atoms with Crippen molar-refractivity contribution in [3.63, 3.8) is 0 Å². The molecular weight excluding hydrogens is 250 g/mol. The van der Waals surface area contributed by atoms with E-state index in [1.165, 1.54) is 0 Å². The third-order valence-corrected chi connectivity index (χ3v) is 2.57. The lowest BCUT2D eigenvalue weighted by molar-refractivity contribution is 1.06. The summed E-state index contributed by atoms with van der Waals surface area (Å²) in [6.45, 7) is 10.1. The highest BCUT2D eigenvalue weighted by Crippen LogP contribution is 2.23. The fourth-order valence-electron chi connectivity index (χ4n) is 1.60. The minimum absolute atomic E-state index is 0.423. The molecule has 0 spiro atoms. The minimum atomic E-state index is 0.423. The van der Waals surface area contributed by atoms with E-state index >= 15 is 0 Å². The average Bonchev–Trinajstić information content (AvgIpc) is 2.29. The summed E-state index contributed by atoms with van der Waals surface area (Å²) in [5.41, 5.74) is 1.63. The van der Waals surface area contributed by atoms with Crippen LogP contribution in [0.4, 0.5) is 11.8 Å². The molecule has 1 rings (SSSR count). The van der Waals surface area contributed by atoms with E-state index in [4.69, 9.17) is 11.6 Å². The number of hydrogen-bond acceptors (Lipinski definition) is 5. The van der Waals surface area contributed by atoms with E-state index in [0.29, 0.717) is 17.6 Å². The summed E-state index contributed by atoms with van der Waals surface area (Å²) in [6, 6.07) is 0. The van der Waals surface area contributed by atoms with Crippen molar-refractivity contribution < 1.29 is 0 Å². The summed E-state index contributed by atoms with van der Waals surface area (Å²) in [4.78, 5) is 13.0. The molecule has 1 aromatic heterocycles. The zero-order valence-corrected chi connectivity index (χ0v) is 12.1. The van der Waals surface area contributed by atoms with E-state index in [1.807, 2.05) is 27.7 Å². The molecule has 0 radical (unpaired) electrons. The first-order valence-electron chi connectivity index (χ1n) is 6.20. The Bertz CT molecular complexity index is 431. The predicted octanol–water partition coefficient (Wildman–Crippen LogP) is 2.82. The zero-order valence-electron chi connectivity index (χ0n) is 11.3. The number of nitrogens with zero attached hydrogens (tertiary/aromatic N) is 3. The van der Waals surface area contributed by atoms with Crippen molar-refractivity contribution in [3.8, 4) is 0 Å². The molecule has 6 heteroatoms. The number of nitrogens with one attached hydrogen (secondary N) is 2. The molecule has 0 aliphatic rings. The van der Waals surface area contributed by atoms with Gasteiger partial charge >= 0.3 is 0 Å². The second-order valence-corrected chi connectivity index (χ2v) is 4.04. The van der Waals surface area contributed by atoms with Crippen LogP contribution in [0.1, 0.15) is 33.3 Å². The Labute approximate surface area is 113 Å². The molecule has 0 aliphatic heterocycles. The van der Waals surface area contributed by atoms with Gasteiger partial charge in [-0.3, -0.25) is 4.99 Å². The molecular formula is C12H20ClN5. The maximum atomic E-state index is 6.22. The van der Waals surface area contributed by atoms with Crippen LogP contribution in [-0.2, 0) is 0 Å². The Kier molecular flexibility index (Phi) is 5.85. The third kappa shape index (κ3) is 3.57. The summed E-state index contributed by atoms with van der Waals surface area (Å²) < 4.78 is 0. The van der Waals surface area contributed by atoms with Gasteiger partial charge in [0.1, 0.15) is 11.0 Å². The molecule has 1 aromatic rings. The fraction of sp³-hybridized carbons (Fsp3) is 0.583. The van der Waals surface area contributed by atoms with Gasteiger partial charge in [0.15, 0.2) is 0 Å². The van der Waals surface area contributed by atoms with Gasteiger partial charge in [-0.05, 0) is 27.7 Å². The lowest BCUT2D eigenvalue weighted by Crippen LogP contribution is -2.12. The Morgan fingerprint density at radius 3 is 2.39 bits per heavy atom. The number of aliphatic imine (C=N–C) groups is 1. The van der Waals surface area contributed by atoms with Crippen LogP contribution >= 0.6 is 11.6 Å². The van der Waals surface area contributed by atoms with E-state index in [9.17, 15) is 0 Å². The van der Waals surface area contributed by atoms with E-state index in [0.717, 1.165) is 30.2 Å². The third-order valence-electron chi connectivity index (χ3n) is 2.30. The normalized spacial score (nSPS) is 11.5. The molecule has 2 N–H and O–H groups in total. The monoisotopic (exact) mass is 269 g/mol. The highest BCUT2D eigenvalue weighted by molar-refractivity contribution is 6.33. The second-order valence-electron chi connectivity index (χ2n) is 3.68. The number of rotatable bonds is 6. The van der Waals surface area contributed by atoms with Crippen LogP contribution < -0.4 is 10.6 Å². The first-order valence-corrected chi connectivity index (χ1v) is 6.58. The van der Waals surface area contributed by atoms with Gasteiger partial charge in [0, 0.05) is 25.3 Å². The van der Waals surface area contributed by atoms with Crippen LogP contribution in [0.2, 0.25) is 5.15 Å². The average molecular weight is 270 g/mol. The van der Waals surface area contributed by atoms with Gasteiger partial charge in [-0.2, -0.15) is 4.98 Å². The van der Waals surface area contributed by atoms with Crippen molar-refractivity contribution in [1.82, 2.24) is 9.97 Å². The quantitative estimate of drug-likeness (QED) is 0.616. The first-order chi connectivity index (χ1) is 8.63. The van der Waals surface area contributed by atoms with Gasteiger partial charge in [-0.15, -0.1) is 0 Å². The molecule has 0 amide bonds. The molecule has 100 valence electrons. The van der Waals surface area contributed by atoms with Gasteiger partial charge in [0.25, 0.3) is 0 Å². The van der Waals surface area contributed by atoms with E-state index < -0.39 is 0 Å². The molecule has 0 saturated carbocycles. The highest BCUT2D eigenvalue weighted by Gasteiger charge is 2.14. The van der Waals surface area contributed by atoms with Crippen molar-refractivity contribution in [2.24, 2.45) is 4.99 Å². The van der Waals surface area contributed by atoms with Crippen LogP contribution in [-0.4, -0.2) is 35.3 Å².